The van der Waals surface area contributed by atoms with Crippen LogP contribution < -0.4 is 0 Å². The standard InChI is InChI=1S/C12H17BrO2S/c1-8-6-11(16-12(8)13)10(14)7-9-2-4-15-5-3-9/h6,9-10,14H,2-5,7H2,1H3. The van der Waals surface area contributed by atoms with Crippen LogP contribution in [0.2, 0.25) is 0 Å². The topological polar surface area (TPSA) is 29.5 Å². The van der Waals surface area contributed by atoms with E-state index in [2.05, 4.69) is 28.9 Å². The lowest BCUT2D eigenvalue weighted by Crippen LogP contribution is -2.17. The Hall–Kier alpha value is 0.100. The molecule has 90 valence electrons. The third kappa shape index (κ3) is 3.06. The Kier molecular flexibility index (Phi) is 4.41. The molecular weight excluding hydrogens is 288 g/mol. The summed E-state index contributed by atoms with van der Waals surface area (Å²) in [5, 5.41) is 10.2. The Labute approximate surface area is 109 Å². The Morgan fingerprint density at radius 2 is 2.25 bits per heavy atom. The lowest BCUT2D eigenvalue weighted by atomic mass is 9.93. The number of rotatable bonds is 3. The number of hydrogen-bond donors (Lipinski definition) is 1. The summed E-state index contributed by atoms with van der Waals surface area (Å²) in [7, 11) is 0. The summed E-state index contributed by atoms with van der Waals surface area (Å²) < 4.78 is 6.46. The molecule has 1 aromatic rings. The zero-order valence-corrected chi connectivity index (χ0v) is 11.8. The van der Waals surface area contributed by atoms with Gasteiger partial charge in [0.25, 0.3) is 0 Å². The van der Waals surface area contributed by atoms with Crippen molar-refractivity contribution in [1.82, 2.24) is 0 Å². The van der Waals surface area contributed by atoms with E-state index in [0.29, 0.717) is 5.92 Å². The molecule has 0 spiro atoms. The van der Waals surface area contributed by atoms with Gasteiger partial charge in [-0.1, -0.05) is 0 Å². The van der Waals surface area contributed by atoms with Crippen molar-refractivity contribution in [3.8, 4) is 0 Å². The van der Waals surface area contributed by atoms with Crippen LogP contribution in [-0.2, 0) is 4.74 Å². The SMILES string of the molecule is Cc1cc(C(O)CC2CCOCC2)sc1Br. The summed E-state index contributed by atoms with van der Waals surface area (Å²) in [5.41, 5.74) is 1.21. The van der Waals surface area contributed by atoms with Crippen LogP contribution in [-0.4, -0.2) is 18.3 Å². The largest absolute Gasteiger partial charge is 0.388 e. The van der Waals surface area contributed by atoms with Gasteiger partial charge < -0.3 is 9.84 Å². The fourth-order valence-electron chi connectivity index (χ4n) is 2.06. The zero-order chi connectivity index (χ0) is 11.5. The molecule has 2 heterocycles. The second-order valence-electron chi connectivity index (χ2n) is 4.41. The van der Waals surface area contributed by atoms with Crippen molar-refractivity contribution in [1.29, 1.82) is 0 Å². The monoisotopic (exact) mass is 304 g/mol. The van der Waals surface area contributed by atoms with E-state index in [1.807, 2.05) is 0 Å². The van der Waals surface area contributed by atoms with Gasteiger partial charge in [0.15, 0.2) is 0 Å². The molecular formula is C12H17BrO2S. The maximum Gasteiger partial charge on any atom is 0.0885 e. The summed E-state index contributed by atoms with van der Waals surface area (Å²) in [6, 6.07) is 2.08. The zero-order valence-electron chi connectivity index (χ0n) is 9.41. The molecule has 1 aliphatic heterocycles. The van der Waals surface area contributed by atoms with E-state index >= 15 is 0 Å². The average molecular weight is 305 g/mol. The second kappa shape index (κ2) is 5.63. The second-order valence-corrected chi connectivity index (χ2v) is 6.81. The third-order valence-electron chi connectivity index (χ3n) is 3.10. The molecule has 16 heavy (non-hydrogen) atoms. The number of aliphatic hydroxyl groups excluding tert-OH is 1. The molecule has 1 N–H and O–H groups in total. The van der Waals surface area contributed by atoms with E-state index < -0.39 is 0 Å². The summed E-state index contributed by atoms with van der Waals surface area (Å²) in [5.74, 6) is 0.616. The van der Waals surface area contributed by atoms with Crippen molar-refractivity contribution >= 4 is 27.3 Å². The van der Waals surface area contributed by atoms with Gasteiger partial charge in [0.05, 0.1) is 9.89 Å². The molecule has 0 aromatic carbocycles. The summed E-state index contributed by atoms with van der Waals surface area (Å²) in [6.45, 7) is 3.76. The number of thiophene rings is 1. The van der Waals surface area contributed by atoms with Crippen LogP contribution in [0, 0.1) is 12.8 Å². The van der Waals surface area contributed by atoms with Gasteiger partial charge in [-0.2, -0.15) is 0 Å². The molecule has 0 radical (unpaired) electrons. The van der Waals surface area contributed by atoms with E-state index in [1.54, 1.807) is 11.3 Å². The van der Waals surface area contributed by atoms with Gasteiger partial charge in [-0.25, -0.2) is 0 Å². The van der Waals surface area contributed by atoms with E-state index in [-0.39, 0.29) is 6.10 Å². The first-order chi connectivity index (χ1) is 7.66. The fourth-order valence-corrected chi connectivity index (χ4v) is 3.63. The Morgan fingerprint density at radius 3 is 2.81 bits per heavy atom. The fraction of sp³-hybridized carbons (Fsp3) is 0.667. The van der Waals surface area contributed by atoms with Gasteiger partial charge >= 0.3 is 0 Å². The van der Waals surface area contributed by atoms with E-state index in [1.165, 1.54) is 5.56 Å². The van der Waals surface area contributed by atoms with Crippen molar-refractivity contribution in [2.45, 2.75) is 32.3 Å². The molecule has 1 aliphatic rings. The van der Waals surface area contributed by atoms with E-state index in [9.17, 15) is 5.11 Å². The van der Waals surface area contributed by atoms with Crippen molar-refractivity contribution in [2.24, 2.45) is 5.92 Å². The minimum atomic E-state index is -0.307. The molecule has 1 fully saturated rings. The Morgan fingerprint density at radius 1 is 1.56 bits per heavy atom. The highest BCUT2D eigenvalue weighted by Crippen LogP contribution is 2.35. The first-order valence-electron chi connectivity index (χ1n) is 5.68. The van der Waals surface area contributed by atoms with Crippen LogP contribution in [0.15, 0.2) is 9.85 Å². The number of ether oxygens (including phenoxy) is 1. The Balaban J connectivity index is 1.93. The van der Waals surface area contributed by atoms with Gasteiger partial charge in [-0.05, 0) is 59.7 Å². The minimum absolute atomic E-state index is 0.307. The molecule has 0 aliphatic carbocycles. The van der Waals surface area contributed by atoms with Gasteiger partial charge in [0.1, 0.15) is 0 Å². The highest BCUT2D eigenvalue weighted by atomic mass is 79.9. The predicted molar refractivity (Wildman–Crippen MR) is 69.9 cm³/mol. The molecule has 1 atom stereocenters. The molecule has 1 unspecified atom stereocenters. The van der Waals surface area contributed by atoms with E-state index in [0.717, 1.165) is 41.1 Å². The summed E-state index contributed by atoms with van der Waals surface area (Å²) >= 11 is 5.14. The molecule has 1 saturated heterocycles. The molecule has 4 heteroatoms. The van der Waals surface area contributed by atoms with Crippen LogP contribution in [0.3, 0.4) is 0 Å². The van der Waals surface area contributed by atoms with Crippen molar-refractivity contribution in [3.05, 3.63) is 20.3 Å². The predicted octanol–water partition coefficient (Wildman–Crippen LogP) is 3.67. The van der Waals surface area contributed by atoms with Crippen LogP contribution in [0.1, 0.15) is 35.8 Å². The molecule has 2 rings (SSSR count). The highest BCUT2D eigenvalue weighted by Gasteiger charge is 2.20. The molecule has 0 amide bonds. The average Bonchev–Trinajstić information content (AvgIpc) is 2.61. The highest BCUT2D eigenvalue weighted by molar-refractivity contribution is 9.11. The number of halogens is 1. The van der Waals surface area contributed by atoms with Gasteiger partial charge in [-0.3, -0.25) is 0 Å². The normalized spacial score (nSPS) is 19.9. The maximum atomic E-state index is 10.2. The maximum absolute atomic E-state index is 10.2. The lowest BCUT2D eigenvalue weighted by Gasteiger charge is -2.23. The number of aryl methyl sites for hydroxylation is 1. The van der Waals surface area contributed by atoms with Gasteiger partial charge in [-0.15, -0.1) is 11.3 Å². The Bertz CT molecular complexity index is 325. The quantitative estimate of drug-likeness (QED) is 0.923. The van der Waals surface area contributed by atoms with Gasteiger partial charge in [0.2, 0.25) is 0 Å². The lowest BCUT2D eigenvalue weighted by molar-refractivity contribution is 0.0442. The van der Waals surface area contributed by atoms with E-state index in [4.69, 9.17) is 4.74 Å². The third-order valence-corrected chi connectivity index (χ3v) is 5.34. The van der Waals surface area contributed by atoms with Crippen molar-refractivity contribution in [3.63, 3.8) is 0 Å². The summed E-state index contributed by atoms with van der Waals surface area (Å²) in [6.07, 6.45) is 2.74. The smallest absolute Gasteiger partial charge is 0.0885 e. The van der Waals surface area contributed by atoms with Crippen LogP contribution in [0.4, 0.5) is 0 Å². The van der Waals surface area contributed by atoms with Crippen LogP contribution in [0.5, 0.6) is 0 Å². The molecule has 0 saturated carbocycles. The van der Waals surface area contributed by atoms with Crippen LogP contribution in [0.25, 0.3) is 0 Å². The molecule has 1 aromatic heterocycles. The number of aliphatic hydroxyl groups is 1. The van der Waals surface area contributed by atoms with Crippen LogP contribution >= 0.6 is 27.3 Å². The molecule has 0 bridgehead atoms. The first kappa shape index (κ1) is 12.6. The minimum Gasteiger partial charge on any atom is -0.388 e. The first-order valence-corrected chi connectivity index (χ1v) is 7.29. The van der Waals surface area contributed by atoms with Gasteiger partial charge in [0, 0.05) is 18.1 Å². The van der Waals surface area contributed by atoms with Crippen molar-refractivity contribution < 1.29 is 9.84 Å². The summed E-state index contributed by atoms with van der Waals surface area (Å²) in [4.78, 5) is 1.08. The van der Waals surface area contributed by atoms with Crippen molar-refractivity contribution in [2.75, 3.05) is 13.2 Å². The number of hydrogen-bond acceptors (Lipinski definition) is 3. The molecule has 2 nitrogen and oxygen atoms in total.